The van der Waals surface area contributed by atoms with E-state index in [0.29, 0.717) is 88.8 Å². The summed E-state index contributed by atoms with van der Waals surface area (Å²) in [6, 6.07) is 29.1. The van der Waals surface area contributed by atoms with Crippen molar-refractivity contribution in [3.63, 3.8) is 0 Å². The zero-order chi connectivity index (χ0) is 60.9. The molecule has 0 saturated carbocycles. The van der Waals surface area contributed by atoms with Crippen LogP contribution in [0.2, 0.25) is 0 Å². The molecule has 2 unspecified atom stereocenters. The normalized spacial score (nSPS) is 23.8. The van der Waals surface area contributed by atoms with Crippen LogP contribution in [0.15, 0.2) is 60.7 Å². The van der Waals surface area contributed by atoms with Crippen molar-refractivity contribution in [3.8, 4) is 0 Å². The molecule has 12 rings (SSSR count). The van der Waals surface area contributed by atoms with Gasteiger partial charge in [0.05, 0.1) is 7.11 Å². The lowest BCUT2D eigenvalue weighted by atomic mass is 9.89. The summed E-state index contributed by atoms with van der Waals surface area (Å²) in [5, 5.41) is 10.7. The van der Waals surface area contributed by atoms with Gasteiger partial charge in [-0.1, -0.05) is 300 Å². The molecule has 7 saturated heterocycles. The van der Waals surface area contributed by atoms with Gasteiger partial charge >= 0.3 is 0 Å². The Morgan fingerprint density at radius 3 is 0.561 bits per heavy atom. The first kappa shape index (κ1) is 62.7. The van der Waals surface area contributed by atoms with Crippen LogP contribution in [-0.2, 0) is 0 Å². The smallest absolute Gasteiger partial charge is 0.0847 e. The van der Waals surface area contributed by atoms with Gasteiger partial charge in [0, 0.05) is 0 Å². The van der Waals surface area contributed by atoms with Gasteiger partial charge in [0.2, 0.25) is 0 Å². The Morgan fingerprint density at radius 1 is 0.220 bits per heavy atom. The second-order valence-electron chi connectivity index (χ2n) is 32.6. The van der Waals surface area contributed by atoms with Crippen molar-refractivity contribution in [2.24, 2.45) is 0 Å². The van der Waals surface area contributed by atoms with E-state index in [-0.39, 0.29) is 0 Å². The van der Waals surface area contributed by atoms with Gasteiger partial charge in [-0.2, -0.15) is 12.3 Å². The molecule has 5 aromatic carbocycles. The second-order valence-corrected chi connectivity index (χ2v) is 131. The van der Waals surface area contributed by atoms with Gasteiger partial charge in [0.1, 0.15) is 0 Å². The molecule has 0 amide bonds. The van der Waals surface area contributed by atoms with E-state index in [9.17, 15) is 0 Å². The first-order valence-corrected chi connectivity index (χ1v) is 58.4. The maximum absolute atomic E-state index is 2.93. The summed E-state index contributed by atoms with van der Waals surface area (Å²) in [5.41, 5.74) is 26.5. The van der Waals surface area contributed by atoms with Crippen molar-refractivity contribution in [3.05, 3.63) is 144 Å². The lowest BCUT2D eigenvalue weighted by Gasteiger charge is -3.03. The topological polar surface area (TPSA) is 0 Å². The molecule has 0 radical (unpaired) electrons. The molecule has 2 atom stereocenters. The minimum Gasteiger partial charge on any atom is -0.264 e. The van der Waals surface area contributed by atoms with E-state index in [1.165, 1.54) is 0 Å². The molecule has 7 heteroatoms. The Hall–Kier alpha value is -2.38. The summed E-state index contributed by atoms with van der Waals surface area (Å²) in [6.07, 6.45) is -5.46. The van der Waals surface area contributed by atoms with Crippen LogP contribution in [0.25, 0.3) is 0 Å². The van der Waals surface area contributed by atoms with Crippen molar-refractivity contribution in [2.75, 3.05) is 0 Å². The van der Waals surface area contributed by atoms with Crippen LogP contribution in [0.4, 0.5) is 0 Å². The Bertz CT molecular complexity index is 3060. The molecular weight excluding hydrogens is 1100 g/mol. The first-order chi connectivity index (χ1) is 38.1. The standard InChI is InChI=1S/C75H115Si7/c1-41(2)56-31-61(46(11)12)71(62(32-56)47(13)14)77(72-63(48(15)16)33-57(42(3)4)34-64(72)49(17)18)76-80-79(75-69(54(27)28)39-60(45(9)10)40-70(75)55(29)30)78(82(77,80)81(76,79)80,73-65(50(19)20)35-58(43(5)6)36-66(73)51(21)22)74-67(52(23)24)37-59(44(7)8)38-68(74)53(25)26/h31-55H,1-30H3/q-1. The monoisotopic (exact) mass is 1210 g/mol. The van der Waals surface area contributed by atoms with Crippen molar-refractivity contribution in [1.29, 1.82) is 0 Å². The van der Waals surface area contributed by atoms with E-state index in [1.54, 1.807) is 27.8 Å². The quantitative estimate of drug-likeness (QED) is 0.0682. The molecular formula is C75H115Si7-. The van der Waals surface area contributed by atoms with Gasteiger partial charge in [0.25, 0.3) is 0 Å². The zero-order valence-electron chi connectivity index (χ0n) is 57.9. The maximum Gasteiger partial charge on any atom is 0.0847 e. The molecule has 3 bridgehead atoms. The fourth-order valence-corrected chi connectivity index (χ4v) is 939. The minimum absolute atomic E-state index is 0.459. The molecule has 7 aliphatic rings. The van der Waals surface area contributed by atoms with E-state index in [4.69, 9.17) is 0 Å². The average molecular weight is 1210 g/mol. The van der Waals surface area contributed by atoms with Crippen molar-refractivity contribution >= 4 is 72.6 Å². The van der Waals surface area contributed by atoms with E-state index in [1.807, 2.05) is 55.6 Å². The summed E-state index contributed by atoms with van der Waals surface area (Å²) < 4.78 is 0. The predicted molar refractivity (Wildman–Crippen MR) is 382 cm³/mol. The zero-order valence-corrected chi connectivity index (χ0v) is 64.9. The summed E-state index contributed by atoms with van der Waals surface area (Å²) in [5.74, 6) is 7.32. The van der Waals surface area contributed by atoms with Crippen molar-refractivity contribution in [1.82, 2.24) is 0 Å². The van der Waals surface area contributed by atoms with Crippen molar-refractivity contribution in [2.45, 2.75) is 296 Å². The van der Waals surface area contributed by atoms with E-state index in [2.05, 4.69) is 294 Å². The predicted octanol–water partition coefficient (Wildman–Crippen LogP) is 18.5. The van der Waals surface area contributed by atoms with E-state index in [0.717, 1.165) is 0 Å². The van der Waals surface area contributed by atoms with Crippen LogP contribution >= 0.6 is 0 Å². The van der Waals surface area contributed by atoms with Gasteiger partial charge in [-0.05, 0) is 186 Å². The van der Waals surface area contributed by atoms with Crippen LogP contribution in [0.3, 0.4) is 0 Å². The molecule has 7 fully saturated rings. The van der Waals surface area contributed by atoms with Gasteiger partial charge in [-0.25, -0.2) is 0 Å². The molecule has 0 aliphatic carbocycles. The SMILES string of the molecule is CC(C)c1cc(C(C)C)c([Si]2(c3c(C(C)C)cc(C(C)C)cc3C(C)C)[Si-]3[Si]45[Si]6(c7c(C(C)C)cc(C(C)C)cc7C(C)C)[Si](c7c(C(C)C)cc(C(C)C)cc7C(C)C)(c7c(C(C)C)cc(C(C)C)cc7C(C)C)[Si]24[Si]365)c(C(C)C)c1. The molecule has 7 aliphatic heterocycles. The Morgan fingerprint density at radius 2 is 0.390 bits per heavy atom. The fraction of sp³-hybridized carbons (Fsp3) is 0.600. The van der Waals surface area contributed by atoms with Crippen LogP contribution in [0.5, 0.6) is 0 Å². The molecule has 0 N–H and O–H groups in total. The third-order valence-electron chi connectivity index (χ3n) is 23.0. The molecule has 3 spiro atoms. The summed E-state index contributed by atoms with van der Waals surface area (Å²) in [7, 11) is -5.92. The summed E-state index contributed by atoms with van der Waals surface area (Å²) >= 11 is 0. The Balaban J connectivity index is 1.61. The third-order valence-corrected chi connectivity index (χ3v) is 352. The maximum atomic E-state index is 2.93. The molecule has 444 valence electrons. The van der Waals surface area contributed by atoms with Crippen LogP contribution in [-0.4, -0.2) is 46.6 Å². The number of hydrogen-bond donors (Lipinski definition) is 0. The number of hydrogen-bond acceptors (Lipinski definition) is 0. The van der Waals surface area contributed by atoms with E-state index < -0.39 is 46.6 Å². The van der Waals surface area contributed by atoms with Gasteiger partial charge < -0.3 is 0 Å². The molecule has 82 heavy (non-hydrogen) atoms. The molecule has 5 aromatic rings. The first-order valence-electron chi connectivity index (χ1n) is 33.9. The van der Waals surface area contributed by atoms with Crippen LogP contribution in [0, 0.1) is 0 Å². The Labute approximate surface area is 509 Å². The highest BCUT2D eigenvalue weighted by molar-refractivity contribution is 9.19. The molecule has 0 nitrogen and oxygen atoms in total. The third kappa shape index (κ3) is 7.20. The van der Waals surface area contributed by atoms with Crippen molar-refractivity contribution < 1.29 is 0 Å². The largest absolute Gasteiger partial charge is 0.264 e. The second kappa shape index (κ2) is 20.6. The highest BCUT2D eigenvalue weighted by atomic mass is 31.5. The van der Waals surface area contributed by atoms with Crippen LogP contribution in [0.1, 0.15) is 380 Å². The van der Waals surface area contributed by atoms with Gasteiger partial charge in [0.15, 0.2) is 0 Å². The number of rotatable bonds is 20. The summed E-state index contributed by atoms with van der Waals surface area (Å²) in [4.78, 5) is 0. The Kier molecular flexibility index (Phi) is 15.7. The van der Waals surface area contributed by atoms with Crippen LogP contribution < -0.4 is 25.9 Å². The minimum atomic E-state index is -2.80. The lowest BCUT2D eigenvalue weighted by Crippen LogP contribution is -3.35. The molecule has 7 heterocycles. The van der Waals surface area contributed by atoms with Gasteiger partial charge in [-0.3, -0.25) is 7.35 Å². The van der Waals surface area contributed by atoms with E-state index >= 15 is 0 Å². The highest BCUT2D eigenvalue weighted by Gasteiger charge is 3.40. The van der Waals surface area contributed by atoms with Gasteiger partial charge in [-0.15, -0.1) is 0 Å². The average Bonchev–Trinajstić information content (AvgIpc) is 4.37. The number of benzene rings is 5. The fourth-order valence-electron chi connectivity index (χ4n) is 19.5. The summed E-state index contributed by atoms with van der Waals surface area (Å²) in [6.45, 7) is 76.2. The molecule has 0 aromatic heterocycles. The lowest BCUT2D eigenvalue weighted by molar-refractivity contribution is 0.809. The highest BCUT2D eigenvalue weighted by Crippen LogP contribution is 3.12.